The van der Waals surface area contributed by atoms with Gasteiger partial charge in [-0.15, -0.1) is 11.3 Å². The highest BCUT2D eigenvalue weighted by Gasteiger charge is 2.12. The van der Waals surface area contributed by atoms with E-state index in [-0.39, 0.29) is 11.8 Å². The minimum Gasteiger partial charge on any atom is -0.497 e. The standard InChI is InChI=1S/C23H21N5O3S/c1-31-19-7-5-16(6-8-19)20-14-32-23(26-20)27-22(30)17-3-2-4-18(13-17)25-21(29)9-11-28-12-10-24-15-28/h2-8,10,12-15H,9,11H2,1H3,(H,25,29)(H,26,27,30). The van der Waals surface area contributed by atoms with E-state index in [1.54, 1.807) is 50.1 Å². The highest BCUT2D eigenvalue weighted by atomic mass is 32.1. The molecule has 0 saturated carbocycles. The van der Waals surface area contributed by atoms with E-state index in [4.69, 9.17) is 4.74 Å². The first-order chi connectivity index (χ1) is 15.6. The van der Waals surface area contributed by atoms with Crippen molar-refractivity contribution < 1.29 is 14.3 Å². The molecule has 0 aliphatic heterocycles. The minimum atomic E-state index is -0.296. The van der Waals surface area contributed by atoms with Crippen molar-refractivity contribution in [3.8, 4) is 17.0 Å². The van der Waals surface area contributed by atoms with E-state index >= 15 is 0 Å². The second-order valence-electron chi connectivity index (χ2n) is 6.90. The fourth-order valence-electron chi connectivity index (χ4n) is 3.01. The van der Waals surface area contributed by atoms with Crippen LogP contribution in [0.4, 0.5) is 10.8 Å². The number of hydrogen-bond donors (Lipinski definition) is 2. The maximum Gasteiger partial charge on any atom is 0.257 e. The van der Waals surface area contributed by atoms with Crippen molar-refractivity contribution in [3.05, 3.63) is 78.2 Å². The number of amides is 2. The smallest absolute Gasteiger partial charge is 0.257 e. The molecule has 0 unspecified atom stereocenters. The summed E-state index contributed by atoms with van der Waals surface area (Å²) in [7, 11) is 1.62. The number of carbonyl (C=O) groups excluding carboxylic acids is 2. The van der Waals surface area contributed by atoms with Gasteiger partial charge >= 0.3 is 0 Å². The molecule has 162 valence electrons. The summed E-state index contributed by atoms with van der Waals surface area (Å²) in [6, 6.07) is 14.4. The average Bonchev–Trinajstić information content (AvgIpc) is 3.50. The van der Waals surface area contributed by atoms with E-state index in [0.717, 1.165) is 17.0 Å². The highest BCUT2D eigenvalue weighted by molar-refractivity contribution is 7.14. The van der Waals surface area contributed by atoms with E-state index in [2.05, 4.69) is 20.6 Å². The van der Waals surface area contributed by atoms with Gasteiger partial charge in [0.15, 0.2) is 5.13 Å². The summed E-state index contributed by atoms with van der Waals surface area (Å²) in [5, 5.41) is 8.02. The molecule has 8 nitrogen and oxygen atoms in total. The molecule has 2 heterocycles. The van der Waals surface area contributed by atoms with Gasteiger partial charge in [0.05, 0.1) is 19.1 Å². The van der Waals surface area contributed by atoms with Gasteiger partial charge in [-0.25, -0.2) is 9.97 Å². The molecule has 0 radical (unpaired) electrons. The molecule has 0 fully saturated rings. The maximum atomic E-state index is 12.7. The predicted octanol–water partition coefficient (Wildman–Crippen LogP) is 4.30. The Morgan fingerprint density at radius 2 is 1.97 bits per heavy atom. The quantitative estimate of drug-likeness (QED) is 0.420. The molecule has 9 heteroatoms. The summed E-state index contributed by atoms with van der Waals surface area (Å²) in [5.41, 5.74) is 2.69. The largest absolute Gasteiger partial charge is 0.497 e. The molecule has 2 aromatic carbocycles. The third kappa shape index (κ3) is 5.38. The fraction of sp³-hybridized carbons (Fsp3) is 0.130. The summed E-state index contributed by atoms with van der Waals surface area (Å²) in [5.74, 6) is 0.335. The van der Waals surface area contributed by atoms with Crippen LogP contribution in [-0.4, -0.2) is 33.5 Å². The van der Waals surface area contributed by atoms with Gasteiger partial charge in [-0.3, -0.25) is 14.9 Å². The van der Waals surface area contributed by atoms with Crippen LogP contribution in [0.25, 0.3) is 11.3 Å². The van der Waals surface area contributed by atoms with Crippen molar-refractivity contribution in [3.63, 3.8) is 0 Å². The lowest BCUT2D eigenvalue weighted by atomic mass is 10.2. The maximum absolute atomic E-state index is 12.7. The zero-order valence-electron chi connectivity index (χ0n) is 17.3. The molecule has 0 spiro atoms. The minimum absolute atomic E-state index is 0.139. The zero-order valence-corrected chi connectivity index (χ0v) is 18.1. The lowest BCUT2D eigenvalue weighted by Gasteiger charge is -2.08. The molecule has 2 amide bonds. The van der Waals surface area contributed by atoms with Crippen LogP contribution in [0, 0.1) is 0 Å². The first-order valence-corrected chi connectivity index (χ1v) is 10.8. The number of anilines is 2. The number of aryl methyl sites for hydroxylation is 1. The SMILES string of the molecule is COc1ccc(-c2csc(NC(=O)c3cccc(NC(=O)CCn4ccnc4)c3)n2)cc1. The van der Waals surface area contributed by atoms with Crippen LogP contribution in [0.1, 0.15) is 16.8 Å². The van der Waals surface area contributed by atoms with Crippen LogP contribution in [-0.2, 0) is 11.3 Å². The fourth-order valence-corrected chi connectivity index (χ4v) is 3.72. The number of ether oxygens (including phenoxy) is 1. The number of nitrogens with one attached hydrogen (secondary N) is 2. The molecule has 32 heavy (non-hydrogen) atoms. The van der Waals surface area contributed by atoms with Crippen molar-refractivity contribution in [2.45, 2.75) is 13.0 Å². The molecule has 2 N–H and O–H groups in total. The third-order valence-corrected chi connectivity index (χ3v) is 5.43. The number of benzene rings is 2. The number of nitrogens with zero attached hydrogens (tertiary/aromatic N) is 3. The molecule has 4 aromatic rings. The Balaban J connectivity index is 1.36. The van der Waals surface area contributed by atoms with Crippen molar-refractivity contribution in [2.75, 3.05) is 17.7 Å². The lowest BCUT2D eigenvalue weighted by Crippen LogP contribution is -2.15. The van der Waals surface area contributed by atoms with Crippen molar-refractivity contribution in [1.29, 1.82) is 0 Å². The van der Waals surface area contributed by atoms with Gasteiger partial charge in [-0.1, -0.05) is 6.07 Å². The Kier molecular flexibility index (Phi) is 6.57. The molecular formula is C23H21N5O3S. The molecule has 0 aliphatic rings. The topological polar surface area (TPSA) is 98.1 Å². The van der Waals surface area contributed by atoms with Crippen LogP contribution in [0.5, 0.6) is 5.75 Å². The van der Waals surface area contributed by atoms with Crippen LogP contribution in [0.3, 0.4) is 0 Å². The zero-order chi connectivity index (χ0) is 22.3. The second kappa shape index (κ2) is 9.88. The monoisotopic (exact) mass is 447 g/mol. The Morgan fingerprint density at radius 1 is 1.12 bits per heavy atom. The Labute approximate surface area is 188 Å². The second-order valence-corrected chi connectivity index (χ2v) is 7.76. The Hall–Kier alpha value is -3.98. The highest BCUT2D eigenvalue weighted by Crippen LogP contribution is 2.27. The molecule has 0 aliphatic carbocycles. The molecule has 4 rings (SSSR count). The summed E-state index contributed by atoms with van der Waals surface area (Å²) in [4.78, 5) is 33.3. The molecule has 0 atom stereocenters. The summed E-state index contributed by atoms with van der Waals surface area (Å²) in [6.07, 6.45) is 5.44. The van der Waals surface area contributed by atoms with Gasteiger partial charge in [-0.2, -0.15) is 0 Å². The Morgan fingerprint density at radius 3 is 2.72 bits per heavy atom. The van der Waals surface area contributed by atoms with Crippen molar-refractivity contribution in [2.24, 2.45) is 0 Å². The van der Waals surface area contributed by atoms with Gasteiger partial charge in [0.25, 0.3) is 5.91 Å². The molecule has 0 saturated heterocycles. The number of thiazole rings is 1. The average molecular weight is 448 g/mol. The van der Waals surface area contributed by atoms with Crippen LogP contribution in [0.15, 0.2) is 72.6 Å². The van der Waals surface area contributed by atoms with E-state index < -0.39 is 0 Å². The number of rotatable bonds is 8. The van der Waals surface area contributed by atoms with E-state index in [1.165, 1.54) is 11.3 Å². The number of methoxy groups -OCH3 is 1. The number of aromatic nitrogens is 3. The van der Waals surface area contributed by atoms with Gasteiger partial charge in [0.1, 0.15) is 5.75 Å². The lowest BCUT2D eigenvalue weighted by molar-refractivity contribution is -0.116. The summed E-state index contributed by atoms with van der Waals surface area (Å²) >= 11 is 1.35. The first-order valence-electron chi connectivity index (χ1n) is 9.87. The Bertz CT molecular complexity index is 1200. The third-order valence-electron chi connectivity index (χ3n) is 4.68. The van der Waals surface area contributed by atoms with Crippen molar-refractivity contribution in [1.82, 2.24) is 14.5 Å². The van der Waals surface area contributed by atoms with E-state index in [0.29, 0.717) is 29.3 Å². The van der Waals surface area contributed by atoms with Crippen LogP contribution >= 0.6 is 11.3 Å². The van der Waals surface area contributed by atoms with Gasteiger partial charge in [-0.05, 0) is 42.5 Å². The molecule has 0 bridgehead atoms. The molecule has 2 aromatic heterocycles. The van der Waals surface area contributed by atoms with Gasteiger partial charge in [0, 0.05) is 47.6 Å². The normalized spacial score (nSPS) is 10.5. The number of hydrogen-bond acceptors (Lipinski definition) is 6. The first kappa shape index (κ1) is 21.3. The number of carbonyl (C=O) groups is 2. The van der Waals surface area contributed by atoms with E-state index in [1.807, 2.05) is 34.2 Å². The van der Waals surface area contributed by atoms with Gasteiger partial charge in [0.2, 0.25) is 5.91 Å². The van der Waals surface area contributed by atoms with Gasteiger partial charge < -0.3 is 14.6 Å². The van der Waals surface area contributed by atoms with E-state index in [9.17, 15) is 9.59 Å². The predicted molar refractivity (Wildman–Crippen MR) is 124 cm³/mol. The number of imidazole rings is 1. The van der Waals surface area contributed by atoms with Crippen LogP contribution in [0.2, 0.25) is 0 Å². The van der Waals surface area contributed by atoms with Crippen molar-refractivity contribution >= 4 is 34.0 Å². The molecular weight excluding hydrogens is 426 g/mol. The summed E-state index contributed by atoms with van der Waals surface area (Å²) in [6.45, 7) is 0.534. The summed E-state index contributed by atoms with van der Waals surface area (Å²) < 4.78 is 7.00. The van der Waals surface area contributed by atoms with Crippen LogP contribution < -0.4 is 15.4 Å².